The van der Waals surface area contributed by atoms with Gasteiger partial charge in [0, 0.05) is 37.3 Å². The Morgan fingerprint density at radius 3 is 2.82 bits per heavy atom. The first kappa shape index (κ1) is 13.7. The van der Waals surface area contributed by atoms with Gasteiger partial charge in [-0.3, -0.25) is 9.89 Å². The highest BCUT2D eigenvalue weighted by atomic mass is 16.2. The molecule has 2 aliphatic rings. The fourth-order valence-corrected chi connectivity index (χ4v) is 3.90. The maximum atomic E-state index is 12.7. The Labute approximate surface area is 129 Å². The molecule has 1 saturated carbocycles. The van der Waals surface area contributed by atoms with Gasteiger partial charge in [0.15, 0.2) is 5.65 Å². The maximum absolute atomic E-state index is 12.7. The molecule has 0 spiro atoms. The van der Waals surface area contributed by atoms with Crippen molar-refractivity contribution < 1.29 is 4.79 Å². The number of carbonyl (C=O) groups excluding carboxylic acids is 1. The molecule has 2 aromatic heterocycles. The van der Waals surface area contributed by atoms with Crippen molar-refractivity contribution >= 4 is 17.1 Å². The summed E-state index contributed by atoms with van der Waals surface area (Å²) in [6, 6.07) is 0. The Kier molecular flexibility index (Phi) is 3.52. The standard InChI is InChI=1S/C16H21N5O/c22-16(11-4-1-2-5-11)21-9-3-6-12(10-21)13-14-15(20-19-13)18-8-7-17-14/h7-8,11-12H,1-6,9-10H2,(H,18,19,20)/t12-/m0/s1. The lowest BCUT2D eigenvalue weighted by atomic mass is 9.93. The molecule has 1 aliphatic carbocycles. The molecule has 22 heavy (non-hydrogen) atoms. The summed E-state index contributed by atoms with van der Waals surface area (Å²) in [4.78, 5) is 23.3. The van der Waals surface area contributed by atoms with Gasteiger partial charge in [0.05, 0.1) is 5.69 Å². The minimum absolute atomic E-state index is 0.261. The van der Waals surface area contributed by atoms with E-state index in [4.69, 9.17) is 0 Å². The van der Waals surface area contributed by atoms with Gasteiger partial charge in [0.2, 0.25) is 5.91 Å². The molecule has 4 rings (SSSR count). The predicted molar refractivity (Wildman–Crippen MR) is 82.2 cm³/mol. The summed E-state index contributed by atoms with van der Waals surface area (Å²) in [5.74, 6) is 0.912. The molecule has 0 unspecified atom stereocenters. The van der Waals surface area contributed by atoms with Gasteiger partial charge in [-0.25, -0.2) is 9.97 Å². The Balaban J connectivity index is 1.54. The summed E-state index contributed by atoms with van der Waals surface area (Å²) in [7, 11) is 0. The number of amides is 1. The topological polar surface area (TPSA) is 74.8 Å². The molecule has 1 atom stereocenters. The van der Waals surface area contributed by atoms with Gasteiger partial charge in [-0.15, -0.1) is 0 Å². The summed E-state index contributed by atoms with van der Waals surface area (Å²) in [6.45, 7) is 1.67. The van der Waals surface area contributed by atoms with Crippen molar-refractivity contribution in [3.8, 4) is 0 Å². The van der Waals surface area contributed by atoms with Crippen molar-refractivity contribution in [1.29, 1.82) is 0 Å². The van der Waals surface area contributed by atoms with Crippen molar-refractivity contribution in [2.24, 2.45) is 5.92 Å². The monoisotopic (exact) mass is 299 g/mol. The number of carbonyl (C=O) groups is 1. The van der Waals surface area contributed by atoms with Crippen LogP contribution in [0.3, 0.4) is 0 Å². The van der Waals surface area contributed by atoms with E-state index in [1.165, 1.54) is 12.8 Å². The van der Waals surface area contributed by atoms with Crippen LogP contribution in [0.15, 0.2) is 12.4 Å². The molecule has 3 heterocycles. The maximum Gasteiger partial charge on any atom is 0.225 e. The minimum Gasteiger partial charge on any atom is -0.342 e. The molecule has 0 bridgehead atoms. The summed E-state index contributed by atoms with van der Waals surface area (Å²) in [6.07, 6.45) is 10.0. The number of rotatable bonds is 2. The van der Waals surface area contributed by atoms with E-state index >= 15 is 0 Å². The highest BCUT2D eigenvalue weighted by Crippen LogP contribution is 2.32. The molecule has 1 aliphatic heterocycles. The zero-order chi connectivity index (χ0) is 14.9. The predicted octanol–water partition coefficient (Wildman–Crippen LogP) is 2.25. The van der Waals surface area contributed by atoms with Crippen LogP contribution in [0.2, 0.25) is 0 Å². The van der Waals surface area contributed by atoms with Crippen LogP contribution in [0.25, 0.3) is 11.2 Å². The number of nitrogens with one attached hydrogen (secondary N) is 1. The molecule has 0 radical (unpaired) electrons. The lowest BCUT2D eigenvalue weighted by Gasteiger charge is -2.34. The first-order chi connectivity index (χ1) is 10.8. The van der Waals surface area contributed by atoms with Crippen LogP contribution in [0.1, 0.15) is 50.1 Å². The van der Waals surface area contributed by atoms with Crippen LogP contribution < -0.4 is 0 Å². The van der Waals surface area contributed by atoms with Gasteiger partial charge in [-0.05, 0) is 25.7 Å². The van der Waals surface area contributed by atoms with Crippen LogP contribution in [-0.2, 0) is 4.79 Å². The molecular formula is C16H21N5O. The Morgan fingerprint density at radius 1 is 1.14 bits per heavy atom. The molecule has 1 saturated heterocycles. The van der Waals surface area contributed by atoms with Crippen LogP contribution in [0.4, 0.5) is 0 Å². The van der Waals surface area contributed by atoms with E-state index in [1.54, 1.807) is 12.4 Å². The molecule has 2 fully saturated rings. The van der Waals surface area contributed by atoms with E-state index in [-0.39, 0.29) is 5.92 Å². The third-order valence-corrected chi connectivity index (χ3v) is 5.06. The number of likely N-dealkylation sites (tertiary alicyclic amines) is 1. The lowest BCUT2D eigenvalue weighted by molar-refractivity contribution is -0.136. The molecule has 6 heteroatoms. The first-order valence-corrected chi connectivity index (χ1v) is 8.26. The van der Waals surface area contributed by atoms with Crippen LogP contribution >= 0.6 is 0 Å². The molecule has 1 N–H and O–H groups in total. The van der Waals surface area contributed by atoms with E-state index < -0.39 is 0 Å². The number of piperidine rings is 1. The van der Waals surface area contributed by atoms with Gasteiger partial charge in [0.1, 0.15) is 5.52 Å². The van der Waals surface area contributed by atoms with Gasteiger partial charge in [-0.1, -0.05) is 12.8 Å². The number of nitrogens with zero attached hydrogens (tertiary/aromatic N) is 4. The summed E-state index contributed by atoms with van der Waals surface area (Å²) in [5.41, 5.74) is 2.55. The quantitative estimate of drug-likeness (QED) is 0.923. The molecule has 1 amide bonds. The molecular weight excluding hydrogens is 278 g/mol. The molecule has 2 aromatic rings. The van der Waals surface area contributed by atoms with E-state index in [0.29, 0.717) is 17.5 Å². The van der Waals surface area contributed by atoms with Crippen LogP contribution in [-0.4, -0.2) is 44.1 Å². The SMILES string of the molecule is O=C(C1CCCC1)N1CCC[C@H](c2[nH]nc3nccnc23)C1. The highest BCUT2D eigenvalue weighted by Gasteiger charge is 2.32. The zero-order valence-electron chi connectivity index (χ0n) is 12.7. The summed E-state index contributed by atoms with van der Waals surface area (Å²) in [5, 5.41) is 7.34. The second-order valence-electron chi connectivity index (χ2n) is 6.47. The number of aromatic amines is 1. The van der Waals surface area contributed by atoms with Crippen molar-refractivity contribution in [1.82, 2.24) is 25.1 Å². The van der Waals surface area contributed by atoms with Crippen molar-refractivity contribution in [2.45, 2.75) is 44.4 Å². The average molecular weight is 299 g/mol. The Bertz CT molecular complexity index is 676. The number of hydrogen-bond acceptors (Lipinski definition) is 4. The fraction of sp³-hybridized carbons (Fsp3) is 0.625. The number of aromatic nitrogens is 4. The largest absolute Gasteiger partial charge is 0.342 e. The van der Waals surface area contributed by atoms with E-state index in [2.05, 4.69) is 25.1 Å². The summed E-state index contributed by atoms with van der Waals surface area (Å²) >= 11 is 0. The van der Waals surface area contributed by atoms with E-state index in [9.17, 15) is 4.79 Å². The average Bonchev–Trinajstić information content (AvgIpc) is 3.24. The molecule has 0 aromatic carbocycles. The molecule has 116 valence electrons. The first-order valence-electron chi connectivity index (χ1n) is 8.26. The van der Waals surface area contributed by atoms with Gasteiger partial charge in [-0.2, -0.15) is 5.10 Å². The lowest BCUT2D eigenvalue weighted by Crippen LogP contribution is -2.42. The van der Waals surface area contributed by atoms with Crippen molar-refractivity contribution in [3.05, 3.63) is 18.1 Å². The fourth-order valence-electron chi connectivity index (χ4n) is 3.90. The van der Waals surface area contributed by atoms with Gasteiger partial charge >= 0.3 is 0 Å². The highest BCUT2D eigenvalue weighted by molar-refractivity contribution is 5.79. The Hall–Kier alpha value is -1.98. The van der Waals surface area contributed by atoms with Crippen LogP contribution in [0.5, 0.6) is 0 Å². The normalized spacial score (nSPS) is 23.3. The van der Waals surface area contributed by atoms with Crippen LogP contribution in [0, 0.1) is 5.92 Å². The van der Waals surface area contributed by atoms with E-state index in [0.717, 1.165) is 50.0 Å². The number of fused-ring (bicyclic) bond motifs is 1. The second-order valence-corrected chi connectivity index (χ2v) is 6.47. The summed E-state index contributed by atoms with van der Waals surface area (Å²) < 4.78 is 0. The zero-order valence-corrected chi connectivity index (χ0v) is 12.7. The third kappa shape index (κ3) is 2.36. The molecule has 6 nitrogen and oxygen atoms in total. The number of hydrogen-bond donors (Lipinski definition) is 1. The van der Waals surface area contributed by atoms with Crippen molar-refractivity contribution in [2.75, 3.05) is 13.1 Å². The van der Waals surface area contributed by atoms with Gasteiger partial charge < -0.3 is 4.90 Å². The second kappa shape index (κ2) is 5.66. The number of H-pyrrole nitrogens is 1. The third-order valence-electron chi connectivity index (χ3n) is 5.06. The minimum atomic E-state index is 0.261. The van der Waals surface area contributed by atoms with Crippen molar-refractivity contribution in [3.63, 3.8) is 0 Å². The smallest absolute Gasteiger partial charge is 0.225 e. The van der Waals surface area contributed by atoms with Gasteiger partial charge in [0.25, 0.3) is 0 Å². The van der Waals surface area contributed by atoms with E-state index in [1.807, 2.05) is 0 Å². The Morgan fingerprint density at radius 2 is 1.95 bits per heavy atom.